The maximum Gasteiger partial charge on any atom is 0.138 e. The molecular formula is C12H20N2O. The molecule has 0 spiro atoms. The van der Waals surface area contributed by atoms with Gasteiger partial charge in [0.1, 0.15) is 5.75 Å². The van der Waals surface area contributed by atoms with Crippen molar-refractivity contribution < 1.29 is 5.11 Å². The Bertz CT molecular complexity index is 321. The number of phenols is 1. The summed E-state index contributed by atoms with van der Waals surface area (Å²) in [5.74, 6) is 0.158. The van der Waals surface area contributed by atoms with Crippen molar-refractivity contribution in [3.63, 3.8) is 0 Å². The van der Waals surface area contributed by atoms with Gasteiger partial charge in [-0.05, 0) is 37.7 Å². The van der Waals surface area contributed by atoms with Crippen LogP contribution in [0.15, 0.2) is 18.2 Å². The predicted molar refractivity (Wildman–Crippen MR) is 63.9 cm³/mol. The van der Waals surface area contributed by atoms with E-state index >= 15 is 0 Å². The fourth-order valence-corrected chi connectivity index (χ4v) is 1.82. The van der Waals surface area contributed by atoms with E-state index in [-0.39, 0.29) is 5.75 Å². The average molecular weight is 208 g/mol. The first-order chi connectivity index (χ1) is 7.10. The van der Waals surface area contributed by atoms with Crippen molar-refractivity contribution in [1.29, 1.82) is 0 Å². The van der Waals surface area contributed by atoms with Gasteiger partial charge in [-0.1, -0.05) is 19.9 Å². The zero-order valence-corrected chi connectivity index (χ0v) is 9.70. The fourth-order valence-electron chi connectivity index (χ4n) is 1.82. The second-order valence-corrected chi connectivity index (χ2v) is 3.72. The number of hydrogen-bond donors (Lipinski definition) is 2. The Morgan fingerprint density at radius 2 is 1.93 bits per heavy atom. The number of hydrogen-bond acceptors (Lipinski definition) is 3. The van der Waals surface area contributed by atoms with Gasteiger partial charge in [0.2, 0.25) is 0 Å². The summed E-state index contributed by atoms with van der Waals surface area (Å²) < 4.78 is 0. The second-order valence-electron chi connectivity index (χ2n) is 3.72. The largest absolute Gasteiger partial charge is 0.506 e. The van der Waals surface area contributed by atoms with E-state index in [2.05, 4.69) is 25.7 Å². The Morgan fingerprint density at radius 1 is 1.33 bits per heavy atom. The first-order valence-corrected chi connectivity index (χ1v) is 5.42. The summed E-state index contributed by atoms with van der Waals surface area (Å²) in [6.07, 6.45) is 0. The second kappa shape index (κ2) is 5.03. The molecule has 0 saturated carbocycles. The molecule has 1 aromatic carbocycles. The number of aromatic hydroxyl groups is 1. The maximum absolute atomic E-state index is 9.34. The lowest BCUT2D eigenvalue weighted by atomic mass is 10.1. The molecule has 0 amide bonds. The van der Waals surface area contributed by atoms with Crippen molar-refractivity contribution in [3.8, 4) is 5.75 Å². The Labute approximate surface area is 91.5 Å². The van der Waals surface area contributed by atoms with E-state index in [0.717, 1.165) is 18.7 Å². The van der Waals surface area contributed by atoms with Gasteiger partial charge in [0, 0.05) is 6.04 Å². The first kappa shape index (κ1) is 11.9. The number of phenolic OH excluding ortho intramolecular Hbond substituents is 1. The van der Waals surface area contributed by atoms with Crippen LogP contribution in [0.5, 0.6) is 5.75 Å². The molecular weight excluding hydrogens is 188 g/mol. The van der Waals surface area contributed by atoms with Gasteiger partial charge >= 0.3 is 0 Å². The van der Waals surface area contributed by atoms with Crippen LogP contribution in [0.4, 0.5) is 5.69 Å². The first-order valence-electron chi connectivity index (χ1n) is 5.42. The molecule has 1 unspecified atom stereocenters. The summed E-state index contributed by atoms with van der Waals surface area (Å²) in [6, 6.07) is 5.76. The number of benzene rings is 1. The molecule has 0 aliphatic heterocycles. The highest BCUT2D eigenvalue weighted by Gasteiger charge is 2.13. The molecule has 84 valence electrons. The van der Waals surface area contributed by atoms with Crippen LogP contribution in [-0.4, -0.2) is 23.1 Å². The molecule has 0 fully saturated rings. The van der Waals surface area contributed by atoms with E-state index in [1.165, 1.54) is 0 Å². The lowest BCUT2D eigenvalue weighted by Gasteiger charge is -2.26. The van der Waals surface area contributed by atoms with Crippen LogP contribution in [0.3, 0.4) is 0 Å². The highest BCUT2D eigenvalue weighted by atomic mass is 16.3. The summed E-state index contributed by atoms with van der Waals surface area (Å²) in [4.78, 5) is 2.34. The van der Waals surface area contributed by atoms with Crippen molar-refractivity contribution in [2.75, 3.05) is 18.8 Å². The molecule has 0 aromatic heterocycles. The maximum atomic E-state index is 9.34. The molecule has 0 radical (unpaired) electrons. The van der Waals surface area contributed by atoms with Crippen molar-refractivity contribution >= 4 is 5.69 Å². The van der Waals surface area contributed by atoms with Crippen molar-refractivity contribution in [3.05, 3.63) is 23.8 Å². The quantitative estimate of drug-likeness (QED) is 0.590. The Morgan fingerprint density at radius 3 is 2.40 bits per heavy atom. The highest BCUT2D eigenvalue weighted by molar-refractivity contribution is 5.53. The minimum absolute atomic E-state index is 0.158. The summed E-state index contributed by atoms with van der Waals surface area (Å²) in [5.41, 5.74) is 7.27. The van der Waals surface area contributed by atoms with Gasteiger partial charge < -0.3 is 10.8 Å². The van der Waals surface area contributed by atoms with Gasteiger partial charge in [-0.25, -0.2) is 0 Å². The van der Waals surface area contributed by atoms with Crippen LogP contribution in [0.2, 0.25) is 0 Å². The third kappa shape index (κ3) is 2.63. The van der Waals surface area contributed by atoms with Gasteiger partial charge in [-0.15, -0.1) is 0 Å². The van der Waals surface area contributed by atoms with Crippen LogP contribution in [-0.2, 0) is 0 Å². The van der Waals surface area contributed by atoms with Crippen molar-refractivity contribution in [2.45, 2.75) is 26.8 Å². The Kier molecular flexibility index (Phi) is 3.97. The number of nitrogens with two attached hydrogens (primary N) is 1. The van der Waals surface area contributed by atoms with Crippen molar-refractivity contribution in [2.24, 2.45) is 0 Å². The highest BCUT2D eigenvalue weighted by Crippen LogP contribution is 2.26. The lowest BCUT2D eigenvalue weighted by molar-refractivity contribution is 0.234. The van der Waals surface area contributed by atoms with Crippen LogP contribution in [0, 0.1) is 0 Å². The van der Waals surface area contributed by atoms with Gasteiger partial charge in [-0.2, -0.15) is 0 Å². The lowest BCUT2D eigenvalue weighted by Crippen LogP contribution is -2.26. The zero-order chi connectivity index (χ0) is 11.4. The van der Waals surface area contributed by atoms with Crippen LogP contribution in [0.25, 0.3) is 0 Å². The van der Waals surface area contributed by atoms with E-state index in [1.807, 2.05) is 12.1 Å². The average Bonchev–Trinajstić information content (AvgIpc) is 2.23. The number of nitrogens with zero attached hydrogens (tertiary/aromatic N) is 1. The summed E-state index contributed by atoms with van der Waals surface area (Å²) in [7, 11) is 0. The van der Waals surface area contributed by atoms with E-state index in [9.17, 15) is 5.11 Å². The normalized spacial score (nSPS) is 13.1. The monoisotopic (exact) mass is 208 g/mol. The molecule has 0 saturated heterocycles. The third-order valence-electron chi connectivity index (χ3n) is 2.89. The van der Waals surface area contributed by atoms with Gasteiger partial charge in [0.25, 0.3) is 0 Å². The molecule has 1 atom stereocenters. The van der Waals surface area contributed by atoms with Crippen LogP contribution in [0.1, 0.15) is 32.4 Å². The molecule has 0 bridgehead atoms. The third-order valence-corrected chi connectivity index (χ3v) is 2.89. The van der Waals surface area contributed by atoms with E-state index in [0.29, 0.717) is 11.7 Å². The fraction of sp³-hybridized carbons (Fsp3) is 0.500. The van der Waals surface area contributed by atoms with E-state index < -0.39 is 0 Å². The Hall–Kier alpha value is -1.22. The molecule has 0 heterocycles. The molecule has 3 nitrogen and oxygen atoms in total. The SMILES string of the molecule is CCN(CC)C(C)c1ccc(O)c(N)c1. The minimum atomic E-state index is 0.158. The minimum Gasteiger partial charge on any atom is -0.506 e. The number of rotatable bonds is 4. The van der Waals surface area contributed by atoms with E-state index in [1.54, 1.807) is 6.07 Å². The molecule has 1 rings (SSSR count). The molecule has 0 aliphatic carbocycles. The molecule has 3 N–H and O–H groups in total. The topological polar surface area (TPSA) is 49.5 Å². The van der Waals surface area contributed by atoms with Crippen molar-refractivity contribution in [1.82, 2.24) is 4.90 Å². The summed E-state index contributed by atoms with van der Waals surface area (Å²) in [5, 5.41) is 9.34. The summed E-state index contributed by atoms with van der Waals surface area (Å²) >= 11 is 0. The predicted octanol–water partition coefficient (Wildman–Crippen LogP) is 2.38. The molecule has 15 heavy (non-hydrogen) atoms. The Balaban J connectivity index is 2.90. The van der Waals surface area contributed by atoms with Gasteiger partial charge in [-0.3, -0.25) is 4.90 Å². The summed E-state index contributed by atoms with van der Waals surface area (Å²) in [6.45, 7) is 8.46. The van der Waals surface area contributed by atoms with Crippen LogP contribution < -0.4 is 5.73 Å². The molecule has 0 aliphatic rings. The number of nitrogen functional groups attached to an aromatic ring is 1. The van der Waals surface area contributed by atoms with E-state index in [4.69, 9.17) is 5.73 Å². The molecule has 1 aromatic rings. The van der Waals surface area contributed by atoms with Gasteiger partial charge in [0.05, 0.1) is 5.69 Å². The smallest absolute Gasteiger partial charge is 0.138 e. The molecule has 3 heteroatoms. The van der Waals surface area contributed by atoms with Crippen LogP contribution >= 0.6 is 0 Å². The standard InChI is InChI=1S/C12H20N2O/c1-4-14(5-2)9(3)10-6-7-12(15)11(13)8-10/h6-9,15H,4-5,13H2,1-3H3. The van der Waals surface area contributed by atoms with Gasteiger partial charge in [0.15, 0.2) is 0 Å². The zero-order valence-electron chi connectivity index (χ0n) is 9.70. The number of anilines is 1.